The van der Waals surface area contributed by atoms with Crippen LogP contribution in [0.2, 0.25) is 0 Å². The normalized spacial score (nSPS) is 20.5. The summed E-state index contributed by atoms with van der Waals surface area (Å²) in [6.45, 7) is 2.61. The van der Waals surface area contributed by atoms with Crippen molar-refractivity contribution in [3.63, 3.8) is 0 Å². The molecule has 1 saturated carbocycles. The largest absolute Gasteiger partial charge is 0.339 e. The number of aromatic nitrogens is 5. The molecule has 3 aromatic heterocycles. The zero-order valence-electron chi connectivity index (χ0n) is 13.9. The SMILES string of the molecule is Cc1[nH]nc2ncc(C(=O)N3CCC[C@H]3c3noc(C4CC4)n3)cc12. The van der Waals surface area contributed by atoms with Gasteiger partial charge in [0.05, 0.1) is 11.6 Å². The maximum atomic E-state index is 13.0. The number of carbonyl (C=O) groups excluding carboxylic acids is 1. The van der Waals surface area contributed by atoms with Crippen LogP contribution in [0.3, 0.4) is 0 Å². The summed E-state index contributed by atoms with van der Waals surface area (Å²) in [5.74, 6) is 1.71. The van der Waals surface area contributed by atoms with E-state index in [-0.39, 0.29) is 11.9 Å². The number of fused-ring (bicyclic) bond motifs is 1. The fourth-order valence-electron chi connectivity index (χ4n) is 3.46. The first kappa shape index (κ1) is 14.6. The average Bonchev–Trinajstić information content (AvgIpc) is 3.04. The van der Waals surface area contributed by atoms with Gasteiger partial charge in [0.1, 0.15) is 0 Å². The fraction of sp³-hybridized carbons (Fsp3) is 0.471. The van der Waals surface area contributed by atoms with Crippen LogP contribution in [0, 0.1) is 6.92 Å². The minimum Gasteiger partial charge on any atom is -0.339 e. The smallest absolute Gasteiger partial charge is 0.256 e. The predicted molar refractivity (Wildman–Crippen MR) is 87.9 cm³/mol. The predicted octanol–water partition coefficient (Wildman–Crippen LogP) is 2.50. The second kappa shape index (κ2) is 5.37. The molecule has 0 aromatic carbocycles. The standard InChI is InChI=1S/C17H18N6O2/c1-9-12-7-11(8-18-14(12)21-20-9)17(24)23-6-2-3-13(23)15-19-16(25-22-15)10-4-5-10/h7-8,10,13H,2-6H2,1H3,(H,18,20,21)/t13-/m0/s1. The fourth-order valence-corrected chi connectivity index (χ4v) is 3.46. The minimum absolute atomic E-state index is 0.0460. The highest BCUT2D eigenvalue weighted by Gasteiger charge is 2.36. The van der Waals surface area contributed by atoms with Gasteiger partial charge in [-0.3, -0.25) is 9.89 Å². The molecule has 1 aliphatic heterocycles. The number of carbonyl (C=O) groups is 1. The number of pyridine rings is 1. The molecule has 2 fully saturated rings. The summed E-state index contributed by atoms with van der Waals surface area (Å²) >= 11 is 0. The maximum absolute atomic E-state index is 13.0. The maximum Gasteiger partial charge on any atom is 0.256 e. The summed E-state index contributed by atoms with van der Waals surface area (Å²) in [6, 6.07) is 1.73. The van der Waals surface area contributed by atoms with E-state index >= 15 is 0 Å². The van der Waals surface area contributed by atoms with Crippen LogP contribution in [-0.4, -0.2) is 42.7 Å². The van der Waals surface area contributed by atoms with E-state index in [1.807, 2.05) is 17.9 Å². The molecule has 3 aromatic rings. The Morgan fingerprint density at radius 1 is 1.36 bits per heavy atom. The van der Waals surface area contributed by atoms with Gasteiger partial charge in [-0.1, -0.05) is 5.16 Å². The van der Waals surface area contributed by atoms with Gasteiger partial charge in [-0.25, -0.2) is 4.98 Å². The highest BCUT2D eigenvalue weighted by molar-refractivity contribution is 5.97. The average molecular weight is 338 g/mol. The summed E-state index contributed by atoms with van der Waals surface area (Å²) in [5, 5.41) is 12.0. The second-order valence-corrected chi connectivity index (χ2v) is 6.87. The van der Waals surface area contributed by atoms with Crippen molar-refractivity contribution in [1.29, 1.82) is 0 Å². The number of rotatable bonds is 3. The van der Waals surface area contributed by atoms with Gasteiger partial charge in [0.15, 0.2) is 11.5 Å². The zero-order valence-corrected chi connectivity index (χ0v) is 13.9. The Balaban J connectivity index is 1.44. The van der Waals surface area contributed by atoms with Crippen LogP contribution in [0.5, 0.6) is 0 Å². The molecule has 0 radical (unpaired) electrons. The van der Waals surface area contributed by atoms with E-state index in [2.05, 4.69) is 25.3 Å². The first-order valence-electron chi connectivity index (χ1n) is 8.66. The third kappa shape index (κ3) is 2.40. The van der Waals surface area contributed by atoms with Crippen molar-refractivity contribution >= 4 is 16.9 Å². The van der Waals surface area contributed by atoms with Gasteiger partial charge in [-0.05, 0) is 38.7 Å². The number of hydrogen-bond acceptors (Lipinski definition) is 6. The Kier molecular flexibility index (Phi) is 3.13. The summed E-state index contributed by atoms with van der Waals surface area (Å²) in [7, 11) is 0. The molecule has 1 amide bonds. The molecule has 4 heterocycles. The van der Waals surface area contributed by atoms with E-state index in [1.54, 1.807) is 6.20 Å². The van der Waals surface area contributed by atoms with Gasteiger partial charge < -0.3 is 9.42 Å². The van der Waals surface area contributed by atoms with E-state index in [0.29, 0.717) is 35.4 Å². The lowest BCUT2D eigenvalue weighted by Gasteiger charge is -2.22. The number of aromatic amines is 1. The van der Waals surface area contributed by atoms with Crippen LogP contribution >= 0.6 is 0 Å². The van der Waals surface area contributed by atoms with Crippen LogP contribution in [0.4, 0.5) is 0 Å². The number of amides is 1. The van der Waals surface area contributed by atoms with Crippen molar-refractivity contribution in [2.24, 2.45) is 0 Å². The Hall–Kier alpha value is -2.77. The molecular formula is C17H18N6O2. The zero-order chi connectivity index (χ0) is 17.0. The molecule has 0 unspecified atom stereocenters. The van der Waals surface area contributed by atoms with E-state index in [4.69, 9.17) is 4.52 Å². The molecule has 8 heteroatoms. The number of aryl methyl sites for hydroxylation is 1. The molecule has 0 bridgehead atoms. The minimum atomic E-state index is -0.120. The van der Waals surface area contributed by atoms with Crippen molar-refractivity contribution in [2.45, 2.75) is 44.6 Å². The van der Waals surface area contributed by atoms with Crippen LogP contribution in [-0.2, 0) is 0 Å². The van der Waals surface area contributed by atoms with E-state index in [0.717, 1.165) is 36.8 Å². The lowest BCUT2D eigenvalue weighted by atomic mass is 10.1. The van der Waals surface area contributed by atoms with E-state index in [9.17, 15) is 4.79 Å². The van der Waals surface area contributed by atoms with Crippen LogP contribution in [0.25, 0.3) is 11.0 Å². The lowest BCUT2D eigenvalue weighted by Crippen LogP contribution is -2.31. The summed E-state index contributed by atoms with van der Waals surface area (Å²) in [6.07, 6.45) is 5.61. The number of hydrogen-bond donors (Lipinski definition) is 1. The Labute approximate surface area is 143 Å². The van der Waals surface area contributed by atoms with E-state index < -0.39 is 0 Å². The molecule has 25 heavy (non-hydrogen) atoms. The Morgan fingerprint density at radius 3 is 3.08 bits per heavy atom. The van der Waals surface area contributed by atoms with Crippen molar-refractivity contribution in [2.75, 3.05) is 6.54 Å². The number of nitrogens with one attached hydrogen (secondary N) is 1. The van der Waals surface area contributed by atoms with Gasteiger partial charge in [-0.2, -0.15) is 10.1 Å². The lowest BCUT2D eigenvalue weighted by molar-refractivity contribution is 0.0728. The molecule has 8 nitrogen and oxygen atoms in total. The molecule has 5 rings (SSSR count). The topological polar surface area (TPSA) is 101 Å². The molecule has 2 aliphatic rings. The molecular weight excluding hydrogens is 320 g/mol. The molecule has 128 valence electrons. The number of H-pyrrole nitrogens is 1. The van der Waals surface area contributed by atoms with Gasteiger partial charge >= 0.3 is 0 Å². The molecule has 1 saturated heterocycles. The van der Waals surface area contributed by atoms with Gasteiger partial charge in [0.25, 0.3) is 5.91 Å². The van der Waals surface area contributed by atoms with Crippen LogP contribution < -0.4 is 0 Å². The van der Waals surface area contributed by atoms with Crippen molar-refractivity contribution in [3.8, 4) is 0 Å². The van der Waals surface area contributed by atoms with Gasteiger partial charge in [0, 0.05) is 29.7 Å². The van der Waals surface area contributed by atoms with Crippen LogP contribution in [0.1, 0.15) is 65.4 Å². The number of nitrogens with zero attached hydrogens (tertiary/aromatic N) is 5. The summed E-state index contributed by atoms with van der Waals surface area (Å²) < 4.78 is 5.37. The molecule has 1 atom stereocenters. The second-order valence-electron chi connectivity index (χ2n) is 6.87. The highest BCUT2D eigenvalue weighted by atomic mass is 16.5. The molecule has 0 spiro atoms. The Bertz CT molecular complexity index is 957. The molecule has 1 N–H and O–H groups in total. The van der Waals surface area contributed by atoms with Crippen molar-refractivity contribution < 1.29 is 9.32 Å². The third-order valence-corrected chi connectivity index (χ3v) is 5.04. The van der Waals surface area contributed by atoms with Gasteiger partial charge in [0.2, 0.25) is 5.89 Å². The van der Waals surface area contributed by atoms with Crippen LogP contribution in [0.15, 0.2) is 16.8 Å². The van der Waals surface area contributed by atoms with Crippen molar-refractivity contribution in [1.82, 2.24) is 30.2 Å². The first-order chi connectivity index (χ1) is 12.2. The Morgan fingerprint density at radius 2 is 2.24 bits per heavy atom. The summed E-state index contributed by atoms with van der Waals surface area (Å²) in [4.78, 5) is 23.7. The first-order valence-corrected chi connectivity index (χ1v) is 8.66. The monoisotopic (exact) mass is 338 g/mol. The van der Waals surface area contributed by atoms with E-state index in [1.165, 1.54) is 0 Å². The van der Waals surface area contributed by atoms with Gasteiger partial charge in [-0.15, -0.1) is 0 Å². The highest BCUT2D eigenvalue weighted by Crippen LogP contribution is 2.40. The number of likely N-dealkylation sites (tertiary alicyclic amines) is 1. The van der Waals surface area contributed by atoms with Crippen molar-refractivity contribution in [3.05, 3.63) is 35.2 Å². The molecule has 1 aliphatic carbocycles. The third-order valence-electron chi connectivity index (χ3n) is 5.04. The summed E-state index contributed by atoms with van der Waals surface area (Å²) in [5.41, 5.74) is 2.09. The quantitative estimate of drug-likeness (QED) is 0.787.